The zero-order valence-corrected chi connectivity index (χ0v) is 8.89. The molecular formula is C10H20ClNO. The Hall–Kier alpha value is 0.210. The normalized spacial score (nSPS) is 39.0. The number of quaternary nitrogens is 1. The van der Waals surface area contributed by atoms with Crippen molar-refractivity contribution in [3.63, 3.8) is 0 Å². The van der Waals surface area contributed by atoms with Crippen molar-refractivity contribution < 1.29 is 22.4 Å². The number of rotatable bonds is 1. The van der Waals surface area contributed by atoms with Crippen LogP contribution in [0.3, 0.4) is 0 Å². The third-order valence-corrected chi connectivity index (χ3v) is 3.66. The van der Waals surface area contributed by atoms with Crippen molar-refractivity contribution in [2.24, 2.45) is 5.92 Å². The van der Waals surface area contributed by atoms with Gasteiger partial charge in [0.05, 0.1) is 25.7 Å². The van der Waals surface area contributed by atoms with Crippen molar-refractivity contribution in [2.75, 3.05) is 19.7 Å². The second kappa shape index (κ2) is 5.18. The van der Waals surface area contributed by atoms with Crippen LogP contribution in [0.15, 0.2) is 0 Å². The van der Waals surface area contributed by atoms with E-state index >= 15 is 0 Å². The average Bonchev–Trinajstić information content (AvgIpc) is 2.17. The average molecular weight is 206 g/mol. The van der Waals surface area contributed by atoms with E-state index in [1.54, 1.807) is 4.90 Å². The number of halogens is 1. The summed E-state index contributed by atoms with van der Waals surface area (Å²) in [6.07, 6.45) is 6.76. The maximum absolute atomic E-state index is 9.22. The van der Waals surface area contributed by atoms with Gasteiger partial charge in [0.25, 0.3) is 0 Å². The van der Waals surface area contributed by atoms with E-state index in [4.69, 9.17) is 0 Å². The van der Waals surface area contributed by atoms with Gasteiger partial charge in [0.15, 0.2) is 0 Å². The number of hydrogen-bond acceptors (Lipinski definition) is 1. The number of nitrogens with one attached hydrogen (secondary N) is 1. The van der Waals surface area contributed by atoms with Gasteiger partial charge in [-0.1, -0.05) is 0 Å². The standard InChI is InChI=1S/C10H19NO.ClH/c12-8-9-4-3-7-11-6-2-1-5-10(9)11;/h9-10,12H,1-8H2;1H. The molecular weight excluding hydrogens is 186 g/mol. The summed E-state index contributed by atoms with van der Waals surface area (Å²) in [7, 11) is 0. The van der Waals surface area contributed by atoms with Gasteiger partial charge in [0, 0.05) is 5.92 Å². The maximum Gasteiger partial charge on any atom is 0.0925 e. The SMILES string of the molecule is OCC1CCC[NH+]2CCCCC12.[Cl-]. The van der Waals surface area contributed by atoms with Crippen molar-refractivity contribution in [3.8, 4) is 0 Å². The van der Waals surface area contributed by atoms with Gasteiger partial charge in [-0.05, 0) is 32.1 Å². The Labute approximate surface area is 86.7 Å². The molecule has 0 saturated carbocycles. The molecule has 78 valence electrons. The highest BCUT2D eigenvalue weighted by atomic mass is 35.5. The van der Waals surface area contributed by atoms with Crippen molar-refractivity contribution >= 4 is 0 Å². The highest BCUT2D eigenvalue weighted by molar-refractivity contribution is 4.74. The largest absolute Gasteiger partial charge is 1.00 e. The van der Waals surface area contributed by atoms with Crippen LogP contribution >= 0.6 is 0 Å². The van der Waals surface area contributed by atoms with E-state index in [-0.39, 0.29) is 12.4 Å². The molecule has 0 amide bonds. The summed E-state index contributed by atoms with van der Waals surface area (Å²) in [5.41, 5.74) is 0. The van der Waals surface area contributed by atoms with Crippen LogP contribution in [0.1, 0.15) is 32.1 Å². The molecule has 0 bridgehead atoms. The highest BCUT2D eigenvalue weighted by Crippen LogP contribution is 2.19. The first-order chi connectivity index (χ1) is 5.92. The van der Waals surface area contributed by atoms with Gasteiger partial charge in [-0.2, -0.15) is 0 Å². The summed E-state index contributed by atoms with van der Waals surface area (Å²) in [5.74, 6) is 0.619. The molecule has 3 unspecified atom stereocenters. The predicted molar refractivity (Wildman–Crippen MR) is 48.1 cm³/mol. The molecule has 2 saturated heterocycles. The number of piperidine rings is 2. The van der Waals surface area contributed by atoms with Crippen molar-refractivity contribution in [1.82, 2.24) is 0 Å². The fourth-order valence-corrected chi connectivity index (χ4v) is 3.00. The Morgan fingerprint density at radius 3 is 2.62 bits per heavy atom. The molecule has 2 aliphatic heterocycles. The zero-order valence-electron chi connectivity index (χ0n) is 8.14. The fourth-order valence-electron chi connectivity index (χ4n) is 3.00. The molecule has 3 heteroatoms. The minimum atomic E-state index is 0. The molecule has 0 aromatic carbocycles. The highest BCUT2D eigenvalue weighted by Gasteiger charge is 2.35. The number of aliphatic hydroxyl groups excluding tert-OH is 1. The van der Waals surface area contributed by atoms with Gasteiger partial charge < -0.3 is 22.4 Å². The first-order valence-electron chi connectivity index (χ1n) is 5.37. The van der Waals surface area contributed by atoms with Gasteiger partial charge in [-0.25, -0.2) is 0 Å². The summed E-state index contributed by atoms with van der Waals surface area (Å²) in [6.45, 7) is 3.15. The Bertz CT molecular complexity index is 145. The maximum atomic E-state index is 9.22. The third-order valence-electron chi connectivity index (χ3n) is 3.66. The Morgan fingerprint density at radius 1 is 1.08 bits per heavy atom. The van der Waals surface area contributed by atoms with Crippen LogP contribution in [0.5, 0.6) is 0 Å². The first-order valence-corrected chi connectivity index (χ1v) is 5.37. The molecule has 0 radical (unpaired) electrons. The van der Waals surface area contributed by atoms with Crippen LogP contribution in [0.25, 0.3) is 0 Å². The van der Waals surface area contributed by atoms with E-state index < -0.39 is 0 Å². The van der Waals surface area contributed by atoms with E-state index in [2.05, 4.69) is 0 Å². The Balaban J connectivity index is 0.000000845. The fraction of sp³-hybridized carbons (Fsp3) is 1.00. The summed E-state index contributed by atoms with van der Waals surface area (Å²) in [6, 6.07) is 0.803. The van der Waals surface area contributed by atoms with Crippen LogP contribution in [0, 0.1) is 5.92 Å². The molecule has 2 heterocycles. The van der Waals surface area contributed by atoms with E-state index in [1.165, 1.54) is 45.2 Å². The summed E-state index contributed by atoms with van der Waals surface area (Å²) in [5, 5.41) is 9.22. The van der Waals surface area contributed by atoms with Gasteiger partial charge in [0.1, 0.15) is 0 Å². The Morgan fingerprint density at radius 2 is 1.85 bits per heavy atom. The lowest BCUT2D eigenvalue weighted by Crippen LogP contribution is -3.18. The molecule has 0 aromatic rings. The molecule has 2 rings (SSSR count). The van der Waals surface area contributed by atoms with E-state index in [1.807, 2.05) is 0 Å². The number of hydrogen-bond donors (Lipinski definition) is 2. The lowest BCUT2D eigenvalue weighted by Gasteiger charge is -2.40. The molecule has 2 N–H and O–H groups in total. The molecule has 2 nitrogen and oxygen atoms in total. The predicted octanol–water partition coefficient (Wildman–Crippen LogP) is -3.17. The van der Waals surface area contributed by atoms with Crippen molar-refractivity contribution in [1.29, 1.82) is 0 Å². The van der Waals surface area contributed by atoms with E-state index in [0.717, 1.165) is 6.04 Å². The van der Waals surface area contributed by atoms with Crippen LogP contribution in [0.4, 0.5) is 0 Å². The third kappa shape index (κ3) is 2.36. The zero-order chi connectivity index (χ0) is 8.39. The minimum Gasteiger partial charge on any atom is -1.00 e. The monoisotopic (exact) mass is 205 g/mol. The summed E-state index contributed by atoms with van der Waals surface area (Å²) >= 11 is 0. The van der Waals surface area contributed by atoms with Crippen LogP contribution in [0.2, 0.25) is 0 Å². The summed E-state index contributed by atoms with van der Waals surface area (Å²) < 4.78 is 0. The molecule has 0 spiro atoms. The number of aliphatic hydroxyl groups is 1. The molecule has 3 atom stereocenters. The van der Waals surface area contributed by atoms with Crippen LogP contribution < -0.4 is 17.3 Å². The van der Waals surface area contributed by atoms with Crippen LogP contribution in [-0.2, 0) is 0 Å². The number of fused-ring (bicyclic) bond motifs is 1. The molecule has 0 aromatic heterocycles. The molecule has 2 aliphatic rings. The van der Waals surface area contributed by atoms with Gasteiger partial charge in [-0.3, -0.25) is 0 Å². The Kier molecular flexibility index (Phi) is 4.50. The van der Waals surface area contributed by atoms with Crippen molar-refractivity contribution in [2.45, 2.75) is 38.1 Å². The van der Waals surface area contributed by atoms with E-state index in [9.17, 15) is 5.11 Å². The minimum absolute atomic E-state index is 0. The second-order valence-corrected chi connectivity index (χ2v) is 4.35. The first kappa shape index (κ1) is 11.3. The van der Waals surface area contributed by atoms with Crippen molar-refractivity contribution in [3.05, 3.63) is 0 Å². The molecule has 0 aliphatic carbocycles. The lowest BCUT2D eigenvalue weighted by atomic mass is 9.84. The molecule has 13 heavy (non-hydrogen) atoms. The summed E-state index contributed by atoms with van der Waals surface area (Å²) in [4.78, 5) is 1.78. The smallest absolute Gasteiger partial charge is 0.0925 e. The van der Waals surface area contributed by atoms with Gasteiger partial charge in [0.2, 0.25) is 0 Å². The lowest BCUT2D eigenvalue weighted by molar-refractivity contribution is -0.940. The van der Waals surface area contributed by atoms with Crippen LogP contribution in [-0.4, -0.2) is 30.8 Å². The quantitative estimate of drug-likeness (QED) is 0.464. The second-order valence-electron chi connectivity index (χ2n) is 4.35. The topological polar surface area (TPSA) is 24.7 Å². The molecule has 2 fully saturated rings. The van der Waals surface area contributed by atoms with Gasteiger partial charge in [-0.15, -0.1) is 0 Å². The van der Waals surface area contributed by atoms with E-state index in [0.29, 0.717) is 12.5 Å². The van der Waals surface area contributed by atoms with Gasteiger partial charge >= 0.3 is 0 Å².